The van der Waals surface area contributed by atoms with Crippen LogP contribution in [0, 0.1) is 6.92 Å². The van der Waals surface area contributed by atoms with Gasteiger partial charge in [-0.15, -0.1) is 0 Å². The van der Waals surface area contributed by atoms with E-state index in [9.17, 15) is 9.59 Å². The predicted molar refractivity (Wildman–Crippen MR) is 112 cm³/mol. The summed E-state index contributed by atoms with van der Waals surface area (Å²) in [4.78, 5) is 36.0. The number of aromatic nitrogens is 3. The lowest BCUT2D eigenvalue weighted by Crippen LogP contribution is -2.23. The van der Waals surface area contributed by atoms with Gasteiger partial charge in [-0.3, -0.25) is 9.59 Å². The van der Waals surface area contributed by atoms with Gasteiger partial charge in [0.2, 0.25) is 5.91 Å². The molecular formula is C19H22N4O2S2. The van der Waals surface area contributed by atoms with Crippen LogP contribution in [0.3, 0.4) is 0 Å². The van der Waals surface area contributed by atoms with Gasteiger partial charge in [-0.05, 0) is 44.4 Å². The summed E-state index contributed by atoms with van der Waals surface area (Å²) in [5.41, 5.74) is 2.60. The number of hydrogen-bond acceptors (Lipinski definition) is 6. The fraction of sp³-hybridized carbons (Fsp3) is 0.368. The highest BCUT2D eigenvalue weighted by molar-refractivity contribution is 8.00. The molecular weight excluding hydrogens is 380 g/mol. The zero-order chi connectivity index (χ0) is 19.4. The Bertz CT molecular complexity index is 1010. The lowest BCUT2D eigenvalue weighted by Gasteiger charge is -2.10. The zero-order valence-corrected chi connectivity index (χ0v) is 17.2. The molecule has 0 spiro atoms. The van der Waals surface area contributed by atoms with Crippen molar-refractivity contribution in [3.8, 4) is 0 Å². The van der Waals surface area contributed by atoms with Crippen LogP contribution in [0.5, 0.6) is 0 Å². The number of benzene rings is 1. The van der Waals surface area contributed by atoms with Crippen molar-refractivity contribution in [2.24, 2.45) is 0 Å². The van der Waals surface area contributed by atoms with E-state index in [0.29, 0.717) is 10.3 Å². The molecule has 0 aliphatic carbocycles. The number of H-pyrrole nitrogens is 1. The van der Waals surface area contributed by atoms with Crippen LogP contribution in [-0.2, 0) is 11.2 Å². The van der Waals surface area contributed by atoms with Gasteiger partial charge in [0.25, 0.3) is 5.56 Å². The van der Waals surface area contributed by atoms with E-state index < -0.39 is 5.25 Å². The molecule has 0 aliphatic rings. The molecule has 0 bridgehead atoms. The molecule has 2 aromatic heterocycles. The molecule has 0 radical (unpaired) electrons. The lowest BCUT2D eigenvalue weighted by molar-refractivity contribution is -0.115. The molecule has 142 valence electrons. The molecule has 3 rings (SSSR count). The first kappa shape index (κ1) is 19.6. The minimum absolute atomic E-state index is 0.169. The third-order valence-electron chi connectivity index (χ3n) is 3.99. The van der Waals surface area contributed by atoms with E-state index >= 15 is 0 Å². The van der Waals surface area contributed by atoms with E-state index in [1.54, 1.807) is 6.92 Å². The number of amides is 1. The van der Waals surface area contributed by atoms with E-state index in [1.807, 2.05) is 19.1 Å². The molecule has 1 unspecified atom stereocenters. The van der Waals surface area contributed by atoms with Gasteiger partial charge < -0.3 is 10.3 Å². The maximum atomic E-state index is 12.5. The zero-order valence-electron chi connectivity index (χ0n) is 15.5. The summed E-state index contributed by atoms with van der Waals surface area (Å²) < 4.78 is 1.04. The summed E-state index contributed by atoms with van der Waals surface area (Å²) in [6.45, 7) is 5.91. The van der Waals surface area contributed by atoms with Gasteiger partial charge in [0.15, 0.2) is 10.3 Å². The van der Waals surface area contributed by atoms with E-state index in [-0.39, 0.29) is 11.5 Å². The molecule has 1 atom stereocenters. The standard InChI is InChI=1S/C19H22N4O2S2/c1-4-5-6-13-10-16(24)22-18(20-13)26-12(3)17(25)23-19-21-14-8-7-11(2)9-15(14)27-19/h7-10,12H,4-6H2,1-3H3,(H,20,22,24)(H,21,23,25). The number of unbranched alkanes of at least 4 members (excludes halogenated alkanes) is 1. The van der Waals surface area contributed by atoms with E-state index in [0.717, 1.165) is 40.7 Å². The summed E-state index contributed by atoms with van der Waals surface area (Å²) in [6.07, 6.45) is 2.78. The van der Waals surface area contributed by atoms with Crippen LogP contribution < -0.4 is 10.9 Å². The number of thioether (sulfide) groups is 1. The number of aryl methyl sites for hydroxylation is 2. The van der Waals surface area contributed by atoms with Crippen LogP contribution >= 0.6 is 23.1 Å². The topological polar surface area (TPSA) is 87.7 Å². The summed E-state index contributed by atoms with van der Waals surface area (Å²) >= 11 is 2.69. The Labute approximate surface area is 165 Å². The normalized spacial score (nSPS) is 12.3. The first-order chi connectivity index (χ1) is 12.9. The van der Waals surface area contributed by atoms with Crippen molar-refractivity contribution in [2.75, 3.05) is 5.32 Å². The van der Waals surface area contributed by atoms with Crippen LogP contribution in [0.4, 0.5) is 5.13 Å². The number of rotatable bonds is 7. The van der Waals surface area contributed by atoms with E-state index in [2.05, 4.69) is 33.3 Å². The second-order valence-corrected chi connectivity index (χ2v) is 8.75. The smallest absolute Gasteiger partial charge is 0.251 e. The highest BCUT2D eigenvalue weighted by atomic mass is 32.2. The number of nitrogens with zero attached hydrogens (tertiary/aromatic N) is 2. The molecule has 27 heavy (non-hydrogen) atoms. The second kappa shape index (κ2) is 8.67. The highest BCUT2D eigenvalue weighted by Gasteiger charge is 2.18. The summed E-state index contributed by atoms with van der Waals surface area (Å²) in [7, 11) is 0. The predicted octanol–water partition coefficient (Wildman–Crippen LogP) is 4.15. The monoisotopic (exact) mass is 402 g/mol. The van der Waals surface area contributed by atoms with E-state index in [1.165, 1.54) is 29.2 Å². The molecule has 0 saturated carbocycles. The van der Waals surface area contributed by atoms with E-state index in [4.69, 9.17) is 0 Å². The number of carbonyl (C=O) groups excluding carboxylic acids is 1. The van der Waals surface area contributed by atoms with Crippen molar-refractivity contribution in [1.29, 1.82) is 0 Å². The first-order valence-corrected chi connectivity index (χ1v) is 10.6. The van der Waals surface area contributed by atoms with Crippen molar-refractivity contribution in [2.45, 2.75) is 50.4 Å². The largest absolute Gasteiger partial charge is 0.301 e. The SMILES string of the molecule is CCCCc1cc(=O)[nH]c(SC(C)C(=O)Nc2nc3ccc(C)cc3s2)n1. The third-order valence-corrected chi connectivity index (χ3v) is 5.91. The average Bonchev–Trinajstić information content (AvgIpc) is 3.00. The van der Waals surface area contributed by atoms with Crippen LogP contribution in [0.25, 0.3) is 10.2 Å². The Hall–Kier alpha value is -2.19. The Kier molecular flexibility index (Phi) is 6.28. The summed E-state index contributed by atoms with van der Waals surface area (Å²) in [5.74, 6) is -0.169. The minimum atomic E-state index is -0.414. The van der Waals surface area contributed by atoms with Crippen molar-refractivity contribution >= 4 is 44.4 Å². The molecule has 3 aromatic rings. The van der Waals surface area contributed by atoms with Gasteiger partial charge >= 0.3 is 0 Å². The number of aromatic amines is 1. The number of thiazole rings is 1. The number of fused-ring (bicyclic) bond motifs is 1. The molecule has 2 N–H and O–H groups in total. The molecule has 6 nitrogen and oxygen atoms in total. The molecule has 1 aromatic carbocycles. The van der Waals surface area contributed by atoms with Gasteiger partial charge in [0, 0.05) is 11.8 Å². The maximum Gasteiger partial charge on any atom is 0.251 e. The molecule has 8 heteroatoms. The fourth-order valence-electron chi connectivity index (χ4n) is 2.54. The number of hydrogen-bond donors (Lipinski definition) is 2. The number of nitrogens with one attached hydrogen (secondary N) is 2. The van der Waals surface area contributed by atoms with Gasteiger partial charge in [0.05, 0.1) is 15.5 Å². The fourth-order valence-corrected chi connectivity index (χ4v) is 4.34. The van der Waals surface area contributed by atoms with Crippen molar-refractivity contribution in [3.63, 3.8) is 0 Å². The molecule has 2 heterocycles. The lowest BCUT2D eigenvalue weighted by atomic mass is 10.2. The third kappa shape index (κ3) is 5.17. The van der Waals surface area contributed by atoms with Crippen LogP contribution in [-0.4, -0.2) is 26.1 Å². The van der Waals surface area contributed by atoms with Gasteiger partial charge in [-0.25, -0.2) is 9.97 Å². The molecule has 0 saturated heterocycles. The molecule has 0 aliphatic heterocycles. The Morgan fingerprint density at radius 3 is 2.93 bits per heavy atom. The summed E-state index contributed by atoms with van der Waals surface area (Å²) in [6, 6.07) is 7.52. The van der Waals surface area contributed by atoms with Crippen molar-refractivity contribution in [3.05, 3.63) is 45.9 Å². The van der Waals surface area contributed by atoms with Gasteiger partial charge in [-0.1, -0.05) is 42.5 Å². The van der Waals surface area contributed by atoms with Crippen LogP contribution in [0.2, 0.25) is 0 Å². The highest BCUT2D eigenvalue weighted by Crippen LogP contribution is 2.28. The maximum absolute atomic E-state index is 12.5. The minimum Gasteiger partial charge on any atom is -0.301 e. The second-order valence-electron chi connectivity index (χ2n) is 6.38. The molecule has 0 fully saturated rings. The Morgan fingerprint density at radius 2 is 2.15 bits per heavy atom. The number of carbonyl (C=O) groups is 1. The van der Waals surface area contributed by atoms with Crippen LogP contribution in [0.1, 0.15) is 37.9 Å². The van der Waals surface area contributed by atoms with Crippen molar-refractivity contribution < 1.29 is 4.79 Å². The quantitative estimate of drug-likeness (QED) is 0.458. The first-order valence-electron chi connectivity index (χ1n) is 8.89. The number of anilines is 1. The van der Waals surface area contributed by atoms with Crippen LogP contribution in [0.15, 0.2) is 34.2 Å². The molecule has 1 amide bonds. The average molecular weight is 403 g/mol. The Balaban J connectivity index is 1.68. The summed E-state index contributed by atoms with van der Waals surface area (Å²) in [5, 5.41) is 3.49. The van der Waals surface area contributed by atoms with Gasteiger partial charge in [-0.2, -0.15) is 0 Å². The van der Waals surface area contributed by atoms with Crippen molar-refractivity contribution in [1.82, 2.24) is 15.0 Å². The Morgan fingerprint density at radius 1 is 1.33 bits per heavy atom. The van der Waals surface area contributed by atoms with Gasteiger partial charge in [0.1, 0.15) is 0 Å².